The number of hydrogen-bond acceptors (Lipinski definition) is 3. The highest BCUT2D eigenvalue weighted by atomic mass is 35.5. The predicted molar refractivity (Wildman–Crippen MR) is 76.6 cm³/mol. The first kappa shape index (κ1) is 16.1. The highest BCUT2D eigenvalue weighted by Gasteiger charge is 2.11. The van der Waals surface area contributed by atoms with Crippen LogP contribution < -0.4 is 0 Å². The van der Waals surface area contributed by atoms with Gasteiger partial charge in [0.2, 0.25) is 0 Å². The van der Waals surface area contributed by atoms with Gasteiger partial charge in [0.1, 0.15) is 11.9 Å². The second kappa shape index (κ2) is 7.59. The molecule has 5 heteroatoms. The Morgan fingerprint density at radius 3 is 2.60 bits per heavy atom. The number of halogens is 2. The van der Waals surface area contributed by atoms with Gasteiger partial charge < -0.3 is 5.11 Å². The summed E-state index contributed by atoms with van der Waals surface area (Å²) in [6.07, 6.45) is 2.49. The largest absolute Gasteiger partial charge is 0.392 e. The van der Waals surface area contributed by atoms with E-state index in [1.165, 1.54) is 6.20 Å². The van der Waals surface area contributed by atoms with Crippen LogP contribution in [0.3, 0.4) is 0 Å². The zero-order valence-electron chi connectivity index (χ0n) is 11.2. The van der Waals surface area contributed by atoms with E-state index < -0.39 is 12.4 Å². The predicted octanol–water partition coefficient (Wildman–Crippen LogP) is 3.93. The number of aliphatic hydroxyl groups excluding tert-OH is 1. The average Bonchev–Trinajstić information content (AvgIpc) is 2.49. The molecule has 104 valence electrons. The average molecular weight is 293 g/mol. The molecule has 0 aliphatic carbocycles. The third-order valence-corrected chi connectivity index (χ3v) is 2.88. The summed E-state index contributed by atoms with van der Waals surface area (Å²) >= 11 is 5.92. The van der Waals surface area contributed by atoms with Gasteiger partial charge in [-0.2, -0.15) is 5.26 Å². The highest BCUT2D eigenvalue weighted by Crippen LogP contribution is 2.28. The van der Waals surface area contributed by atoms with E-state index >= 15 is 0 Å². The maximum Gasteiger partial charge on any atom is 0.147 e. The molecule has 0 bridgehead atoms. The van der Waals surface area contributed by atoms with Gasteiger partial charge in [-0.1, -0.05) is 31.5 Å². The summed E-state index contributed by atoms with van der Waals surface area (Å²) in [6, 6.07) is 6.68. The van der Waals surface area contributed by atoms with Crippen LogP contribution >= 0.6 is 11.6 Å². The van der Waals surface area contributed by atoms with Crippen molar-refractivity contribution in [2.75, 3.05) is 0 Å². The molecule has 3 nitrogen and oxygen atoms in total. The first-order valence-electron chi connectivity index (χ1n) is 6.10. The van der Waals surface area contributed by atoms with Gasteiger partial charge in [-0.05, 0) is 17.7 Å². The molecule has 0 spiro atoms. The summed E-state index contributed by atoms with van der Waals surface area (Å²) in [5.74, 6) is -0.574. The number of aliphatic hydroxyl groups is 1. The van der Waals surface area contributed by atoms with Crippen molar-refractivity contribution >= 4 is 11.6 Å². The van der Waals surface area contributed by atoms with Crippen LogP contribution in [-0.2, 0) is 6.61 Å². The topological polar surface area (TPSA) is 56.9 Å². The van der Waals surface area contributed by atoms with Gasteiger partial charge in [0.15, 0.2) is 0 Å². The molecule has 20 heavy (non-hydrogen) atoms. The minimum atomic E-state index is -0.574. The summed E-state index contributed by atoms with van der Waals surface area (Å²) in [7, 11) is 0. The van der Waals surface area contributed by atoms with Gasteiger partial charge in [-0.25, -0.2) is 4.39 Å². The van der Waals surface area contributed by atoms with Crippen LogP contribution in [-0.4, -0.2) is 10.1 Å². The van der Waals surface area contributed by atoms with Crippen molar-refractivity contribution in [3.05, 3.63) is 52.6 Å². The minimum absolute atomic E-state index is 0.158. The zero-order chi connectivity index (χ0) is 15.1. The number of rotatable bonds is 2. The molecule has 0 unspecified atom stereocenters. The molecular weight excluding hydrogens is 279 g/mol. The van der Waals surface area contributed by atoms with Gasteiger partial charge in [-0.15, -0.1) is 0 Å². The smallest absolute Gasteiger partial charge is 0.147 e. The standard InChI is InChI=1S/C13H8ClFN2O.C2H6/c14-12-3-8(1-2-9(12)4-16)10-5-17-6-13(15)11(10)7-18;1-2/h1-3,5-6,18H,7H2;1-2H3. The maximum absolute atomic E-state index is 13.5. The fraction of sp³-hybridized carbons (Fsp3) is 0.200. The Morgan fingerprint density at radius 2 is 2.05 bits per heavy atom. The lowest BCUT2D eigenvalue weighted by molar-refractivity contribution is 0.276. The van der Waals surface area contributed by atoms with Crippen molar-refractivity contribution in [1.29, 1.82) is 5.26 Å². The molecule has 0 radical (unpaired) electrons. The number of aromatic nitrogens is 1. The fourth-order valence-electron chi connectivity index (χ4n) is 1.64. The summed E-state index contributed by atoms with van der Waals surface area (Å²) in [6.45, 7) is 3.57. The highest BCUT2D eigenvalue weighted by molar-refractivity contribution is 6.32. The van der Waals surface area contributed by atoms with Crippen molar-refractivity contribution < 1.29 is 9.50 Å². The van der Waals surface area contributed by atoms with Crippen molar-refractivity contribution in [2.24, 2.45) is 0 Å². The Bertz CT molecular complexity index is 638. The molecule has 0 saturated heterocycles. The first-order chi connectivity index (χ1) is 9.67. The van der Waals surface area contributed by atoms with Crippen molar-refractivity contribution in [1.82, 2.24) is 4.98 Å². The van der Waals surface area contributed by atoms with Gasteiger partial charge in [-0.3, -0.25) is 4.98 Å². The van der Waals surface area contributed by atoms with Gasteiger partial charge >= 0.3 is 0 Å². The lowest BCUT2D eigenvalue weighted by atomic mass is 10.0. The second-order valence-corrected chi connectivity index (χ2v) is 4.02. The Morgan fingerprint density at radius 1 is 1.35 bits per heavy atom. The molecule has 2 rings (SSSR count). The molecule has 0 aliphatic heterocycles. The zero-order valence-corrected chi connectivity index (χ0v) is 11.9. The van der Waals surface area contributed by atoms with E-state index in [0.29, 0.717) is 16.7 Å². The minimum Gasteiger partial charge on any atom is -0.392 e. The van der Waals surface area contributed by atoms with E-state index in [1.54, 1.807) is 18.2 Å². The van der Waals surface area contributed by atoms with Crippen molar-refractivity contribution in [2.45, 2.75) is 20.5 Å². The van der Waals surface area contributed by atoms with E-state index in [0.717, 1.165) is 6.20 Å². The Kier molecular flexibility index (Phi) is 6.10. The van der Waals surface area contributed by atoms with E-state index in [2.05, 4.69) is 4.98 Å². The molecule has 1 N–H and O–H groups in total. The molecule has 0 amide bonds. The monoisotopic (exact) mass is 292 g/mol. The van der Waals surface area contributed by atoms with Crippen LogP contribution in [0.4, 0.5) is 4.39 Å². The van der Waals surface area contributed by atoms with Gasteiger partial charge in [0, 0.05) is 17.3 Å². The molecule has 0 aliphatic rings. The maximum atomic E-state index is 13.5. The molecule has 0 atom stereocenters. The summed E-state index contributed by atoms with van der Waals surface area (Å²) in [5, 5.41) is 18.2. The van der Waals surface area contributed by atoms with Crippen LogP contribution in [0.25, 0.3) is 11.1 Å². The van der Waals surface area contributed by atoms with Gasteiger partial charge in [0.05, 0.1) is 23.4 Å². The molecule has 1 heterocycles. The van der Waals surface area contributed by atoms with Crippen LogP contribution in [0, 0.1) is 17.1 Å². The normalized spacial score (nSPS) is 9.40. The molecular formula is C15H14ClFN2O. The quantitative estimate of drug-likeness (QED) is 0.912. The third kappa shape index (κ3) is 3.32. The van der Waals surface area contributed by atoms with Crippen LogP contribution in [0.1, 0.15) is 25.0 Å². The molecule has 0 saturated carbocycles. The summed E-state index contributed by atoms with van der Waals surface area (Å²) in [5.41, 5.74) is 1.57. The number of nitrogens with zero attached hydrogens (tertiary/aromatic N) is 2. The van der Waals surface area contributed by atoms with Crippen molar-refractivity contribution in [3.8, 4) is 17.2 Å². The van der Waals surface area contributed by atoms with Crippen LogP contribution in [0.5, 0.6) is 0 Å². The second-order valence-electron chi connectivity index (χ2n) is 3.61. The first-order valence-corrected chi connectivity index (χ1v) is 6.48. The molecule has 0 fully saturated rings. The van der Waals surface area contributed by atoms with Crippen LogP contribution in [0.2, 0.25) is 5.02 Å². The number of nitriles is 1. The van der Waals surface area contributed by atoms with Crippen LogP contribution in [0.15, 0.2) is 30.6 Å². The summed E-state index contributed by atoms with van der Waals surface area (Å²) in [4.78, 5) is 3.75. The Balaban J connectivity index is 0.000000956. The molecule has 1 aromatic heterocycles. The molecule has 2 aromatic rings. The van der Waals surface area contributed by atoms with E-state index in [9.17, 15) is 9.50 Å². The number of benzene rings is 1. The van der Waals surface area contributed by atoms with E-state index in [4.69, 9.17) is 16.9 Å². The lowest BCUT2D eigenvalue weighted by Gasteiger charge is -2.08. The SMILES string of the molecule is CC.N#Cc1ccc(-c2cncc(F)c2CO)cc1Cl. The van der Waals surface area contributed by atoms with E-state index in [-0.39, 0.29) is 10.6 Å². The third-order valence-electron chi connectivity index (χ3n) is 2.56. The lowest BCUT2D eigenvalue weighted by Crippen LogP contribution is -1.96. The Hall–Kier alpha value is -1.96. The number of pyridine rings is 1. The van der Waals surface area contributed by atoms with E-state index in [1.807, 2.05) is 19.9 Å². The number of hydrogen-bond donors (Lipinski definition) is 1. The van der Waals surface area contributed by atoms with Crippen molar-refractivity contribution in [3.63, 3.8) is 0 Å². The Labute approximate surface area is 122 Å². The molecule has 1 aromatic carbocycles. The summed E-state index contributed by atoms with van der Waals surface area (Å²) < 4.78 is 13.5. The fourth-order valence-corrected chi connectivity index (χ4v) is 1.87. The van der Waals surface area contributed by atoms with Gasteiger partial charge in [0.25, 0.3) is 0 Å².